The zero-order valence-electron chi connectivity index (χ0n) is 22.7. The second-order valence-corrected chi connectivity index (χ2v) is 12.4. The predicted octanol–water partition coefficient (Wildman–Crippen LogP) is 11.0. The van der Waals surface area contributed by atoms with Crippen LogP contribution in [-0.2, 0) is 0 Å². The molecule has 0 aliphatic heterocycles. The first kappa shape index (κ1) is 23.4. The van der Waals surface area contributed by atoms with Crippen LogP contribution in [0.5, 0.6) is 0 Å². The van der Waals surface area contributed by atoms with E-state index in [0.29, 0.717) is 5.92 Å². The molecule has 39 heavy (non-hydrogen) atoms. The fourth-order valence-electron chi connectivity index (χ4n) is 8.19. The summed E-state index contributed by atoms with van der Waals surface area (Å²) in [6.07, 6.45) is 12.5. The highest BCUT2D eigenvalue weighted by Crippen LogP contribution is 2.53. The summed E-state index contributed by atoms with van der Waals surface area (Å²) in [6.45, 7) is 0. The minimum Gasteiger partial charge on any atom is -0.454 e. The van der Waals surface area contributed by atoms with E-state index in [0.717, 1.165) is 34.6 Å². The van der Waals surface area contributed by atoms with Crippen molar-refractivity contribution < 1.29 is 4.42 Å². The molecule has 3 aliphatic rings. The Morgan fingerprint density at radius 2 is 1.31 bits per heavy atom. The van der Waals surface area contributed by atoms with Gasteiger partial charge in [0, 0.05) is 22.1 Å². The molecule has 0 N–H and O–H groups in total. The van der Waals surface area contributed by atoms with Crippen LogP contribution in [0.1, 0.15) is 80.8 Å². The van der Waals surface area contributed by atoms with Crippen LogP contribution >= 0.6 is 0 Å². The highest BCUT2D eigenvalue weighted by molar-refractivity contribution is 6.10. The molecule has 0 radical (unpaired) electrons. The molecule has 3 atom stereocenters. The molecule has 0 saturated heterocycles. The maximum atomic E-state index is 6.52. The Kier molecular flexibility index (Phi) is 5.75. The molecule has 3 fully saturated rings. The topological polar surface area (TPSA) is 16.4 Å². The van der Waals surface area contributed by atoms with Gasteiger partial charge in [0.25, 0.3) is 0 Å². The lowest BCUT2D eigenvalue weighted by Crippen LogP contribution is -2.12. The Morgan fingerprint density at radius 1 is 0.590 bits per heavy atom. The summed E-state index contributed by atoms with van der Waals surface area (Å²) >= 11 is 0. The Morgan fingerprint density at radius 3 is 2.03 bits per heavy atom. The predicted molar refractivity (Wildman–Crippen MR) is 162 cm³/mol. The third kappa shape index (κ3) is 4.07. The summed E-state index contributed by atoms with van der Waals surface area (Å²) in [5, 5.41) is 2.35. The molecule has 2 heteroatoms. The maximum Gasteiger partial charge on any atom is 0.159 e. The van der Waals surface area contributed by atoms with Crippen LogP contribution in [-0.4, -0.2) is 0 Å². The largest absolute Gasteiger partial charge is 0.454 e. The van der Waals surface area contributed by atoms with Crippen LogP contribution in [0, 0.1) is 11.8 Å². The van der Waals surface area contributed by atoms with Gasteiger partial charge in [0.05, 0.1) is 5.69 Å². The molecule has 1 heterocycles. The highest BCUT2D eigenvalue weighted by atomic mass is 16.3. The summed E-state index contributed by atoms with van der Waals surface area (Å²) in [7, 11) is 0. The van der Waals surface area contributed by atoms with E-state index in [4.69, 9.17) is 4.42 Å². The molecule has 0 amide bonds. The van der Waals surface area contributed by atoms with Crippen LogP contribution in [0.3, 0.4) is 0 Å². The van der Waals surface area contributed by atoms with Crippen molar-refractivity contribution in [3.8, 4) is 0 Å². The van der Waals surface area contributed by atoms with Crippen LogP contribution in [0.4, 0.5) is 17.1 Å². The minimum absolute atomic E-state index is 0.709. The van der Waals surface area contributed by atoms with Crippen molar-refractivity contribution in [3.05, 3.63) is 102 Å². The number of para-hydroxylation sites is 2. The Balaban J connectivity index is 1.22. The van der Waals surface area contributed by atoms with Crippen molar-refractivity contribution in [2.75, 3.05) is 4.90 Å². The number of fused-ring (bicyclic) bond motifs is 5. The minimum atomic E-state index is 0.709. The van der Waals surface area contributed by atoms with Crippen LogP contribution in [0.15, 0.2) is 95.4 Å². The average molecular weight is 512 g/mol. The molecule has 3 aliphatic carbocycles. The number of anilines is 3. The highest BCUT2D eigenvalue weighted by Gasteiger charge is 2.40. The van der Waals surface area contributed by atoms with Gasteiger partial charge in [-0.25, -0.2) is 0 Å². The van der Waals surface area contributed by atoms with Gasteiger partial charge in [-0.3, -0.25) is 0 Å². The molecule has 4 aromatic carbocycles. The Hall–Kier alpha value is -3.52. The Labute approximate surface area is 231 Å². The molecule has 3 unspecified atom stereocenters. The Bertz CT molecular complexity index is 1610. The number of hydrogen-bond donors (Lipinski definition) is 0. The summed E-state index contributed by atoms with van der Waals surface area (Å²) in [4.78, 5) is 2.40. The number of hydrogen-bond acceptors (Lipinski definition) is 2. The SMILES string of the molecule is c1ccc2c(c1)oc1c(N(c3ccc(C4CCCCC4)cc3)c3ccc(C4CC5CCC4C5)cc3)cccc12. The van der Waals surface area contributed by atoms with Gasteiger partial charge in [0.1, 0.15) is 5.58 Å². The van der Waals surface area contributed by atoms with Crippen molar-refractivity contribution in [1.29, 1.82) is 0 Å². The molecule has 2 nitrogen and oxygen atoms in total. The van der Waals surface area contributed by atoms with Gasteiger partial charge < -0.3 is 9.32 Å². The molecule has 1 aromatic heterocycles. The van der Waals surface area contributed by atoms with Gasteiger partial charge in [-0.2, -0.15) is 0 Å². The summed E-state index contributed by atoms with van der Waals surface area (Å²) in [5.41, 5.74) is 8.40. The van der Waals surface area contributed by atoms with E-state index in [-0.39, 0.29) is 0 Å². The molecule has 8 rings (SSSR count). The van der Waals surface area contributed by atoms with Crippen molar-refractivity contribution >= 4 is 39.0 Å². The van der Waals surface area contributed by atoms with E-state index < -0.39 is 0 Å². The normalized spacial score (nSPS) is 23.1. The fraction of sp³-hybridized carbons (Fsp3) is 0.351. The third-order valence-electron chi connectivity index (χ3n) is 10.2. The average Bonchev–Trinajstić information content (AvgIpc) is 3.74. The van der Waals surface area contributed by atoms with E-state index in [9.17, 15) is 0 Å². The molecule has 196 valence electrons. The van der Waals surface area contributed by atoms with Gasteiger partial charge in [0.15, 0.2) is 5.58 Å². The monoisotopic (exact) mass is 511 g/mol. The second kappa shape index (κ2) is 9.59. The smallest absolute Gasteiger partial charge is 0.159 e. The van der Waals surface area contributed by atoms with Gasteiger partial charge in [0.2, 0.25) is 0 Å². The fourth-order valence-corrected chi connectivity index (χ4v) is 8.19. The first-order valence-electron chi connectivity index (χ1n) is 15.2. The summed E-state index contributed by atoms with van der Waals surface area (Å²) in [6, 6.07) is 33.9. The standard InChI is InChI=1S/C37H37NO/c1-2-7-26(8-3-1)27-15-19-30(20-16-27)38(31-21-17-28(18-22-31)34-24-25-13-14-29(34)23-25)35-11-6-10-33-32-9-4-5-12-36(32)39-37(33)35/h4-6,9-12,15-22,25-26,29,34H,1-3,7-8,13-14,23-24H2. The lowest BCUT2D eigenvalue weighted by Gasteiger charge is -2.28. The quantitative estimate of drug-likeness (QED) is 0.233. The van der Waals surface area contributed by atoms with Gasteiger partial charge in [-0.05, 0) is 103 Å². The van der Waals surface area contributed by atoms with Crippen molar-refractivity contribution in [2.24, 2.45) is 11.8 Å². The van der Waals surface area contributed by atoms with Crippen molar-refractivity contribution in [3.63, 3.8) is 0 Å². The van der Waals surface area contributed by atoms with Gasteiger partial charge >= 0.3 is 0 Å². The maximum absolute atomic E-state index is 6.52. The lowest BCUT2D eigenvalue weighted by molar-refractivity contribution is 0.420. The molecule has 0 spiro atoms. The first-order chi connectivity index (χ1) is 19.3. The molecule has 3 saturated carbocycles. The molecule has 2 bridgehead atoms. The molecular formula is C37H37NO. The van der Waals surface area contributed by atoms with E-state index >= 15 is 0 Å². The van der Waals surface area contributed by atoms with Gasteiger partial charge in [-0.1, -0.05) is 80.3 Å². The number of nitrogens with zero attached hydrogens (tertiary/aromatic N) is 1. The second-order valence-electron chi connectivity index (χ2n) is 12.4. The number of furan rings is 1. The number of benzene rings is 4. The lowest BCUT2D eigenvalue weighted by atomic mass is 9.83. The van der Waals surface area contributed by atoms with E-state index in [2.05, 4.69) is 95.9 Å². The summed E-state index contributed by atoms with van der Waals surface area (Å²) < 4.78 is 6.52. The molecule has 5 aromatic rings. The zero-order valence-corrected chi connectivity index (χ0v) is 22.7. The van der Waals surface area contributed by atoms with E-state index in [1.807, 2.05) is 0 Å². The zero-order chi connectivity index (χ0) is 25.8. The van der Waals surface area contributed by atoms with Crippen LogP contribution in [0.2, 0.25) is 0 Å². The van der Waals surface area contributed by atoms with Crippen LogP contribution < -0.4 is 4.90 Å². The van der Waals surface area contributed by atoms with E-state index in [1.54, 1.807) is 0 Å². The summed E-state index contributed by atoms with van der Waals surface area (Å²) in [5.74, 6) is 3.32. The van der Waals surface area contributed by atoms with E-state index in [1.165, 1.54) is 91.1 Å². The van der Waals surface area contributed by atoms with Crippen molar-refractivity contribution in [1.82, 2.24) is 0 Å². The van der Waals surface area contributed by atoms with Crippen LogP contribution in [0.25, 0.3) is 21.9 Å². The number of rotatable bonds is 5. The first-order valence-corrected chi connectivity index (χ1v) is 15.2. The van der Waals surface area contributed by atoms with Crippen molar-refractivity contribution in [2.45, 2.75) is 69.6 Å². The van der Waals surface area contributed by atoms with Gasteiger partial charge in [-0.15, -0.1) is 0 Å². The third-order valence-corrected chi connectivity index (χ3v) is 10.2. The molecular weight excluding hydrogens is 474 g/mol.